The molecule has 2 fully saturated rings. The third-order valence-electron chi connectivity index (χ3n) is 4.97. The number of hydrogen-bond donors (Lipinski definition) is 1. The molecule has 0 bridgehead atoms. The first kappa shape index (κ1) is 15.3. The number of hydrogen-bond acceptors (Lipinski definition) is 3. The van der Waals surface area contributed by atoms with E-state index in [1.54, 1.807) is 0 Å². The van der Waals surface area contributed by atoms with Gasteiger partial charge in [0.1, 0.15) is 0 Å². The molecule has 1 N–H and O–H groups in total. The molecule has 0 spiro atoms. The molecule has 2 atom stereocenters. The van der Waals surface area contributed by atoms with Crippen LogP contribution in [0.1, 0.15) is 58.3 Å². The van der Waals surface area contributed by atoms with Gasteiger partial charge in [-0.25, -0.2) is 0 Å². The van der Waals surface area contributed by atoms with E-state index in [-0.39, 0.29) is 5.60 Å². The van der Waals surface area contributed by atoms with Crippen LogP contribution in [0, 0.1) is 5.92 Å². The second-order valence-corrected chi connectivity index (χ2v) is 6.24. The SMILES string of the molecule is CCCNC(C1CCOC1)C1(OC)CCCCCC1. The molecule has 0 radical (unpaired) electrons. The van der Waals surface area contributed by atoms with Crippen molar-refractivity contribution in [2.75, 3.05) is 26.9 Å². The van der Waals surface area contributed by atoms with Gasteiger partial charge in [0.15, 0.2) is 0 Å². The molecule has 2 aliphatic rings. The van der Waals surface area contributed by atoms with Crippen molar-refractivity contribution in [2.45, 2.75) is 69.9 Å². The van der Waals surface area contributed by atoms with Crippen molar-refractivity contribution in [3.8, 4) is 0 Å². The van der Waals surface area contributed by atoms with Crippen LogP contribution in [0.2, 0.25) is 0 Å². The highest BCUT2D eigenvalue weighted by Crippen LogP contribution is 2.37. The van der Waals surface area contributed by atoms with Gasteiger partial charge < -0.3 is 14.8 Å². The van der Waals surface area contributed by atoms with Crippen LogP contribution in [0.25, 0.3) is 0 Å². The van der Waals surface area contributed by atoms with E-state index in [4.69, 9.17) is 9.47 Å². The van der Waals surface area contributed by atoms with Crippen molar-refractivity contribution in [3.05, 3.63) is 0 Å². The molecule has 1 saturated heterocycles. The molecule has 2 unspecified atom stereocenters. The summed E-state index contributed by atoms with van der Waals surface area (Å²) in [7, 11) is 1.92. The van der Waals surface area contributed by atoms with Crippen molar-refractivity contribution in [2.24, 2.45) is 5.92 Å². The smallest absolute Gasteiger partial charge is 0.0834 e. The summed E-state index contributed by atoms with van der Waals surface area (Å²) < 4.78 is 11.7. The second kappa shape index (κ2) is 7.61. The molecule has 3 heteroatoms. The van der Waals surface area contributed by atoms with E-state index in [0.717, 1.165) is 19.8 Å². The summed E-state index contributed by atoms with van der Waals surface area (Å²) in [5.41, 5.74) is 0.0457. The van der Waals surface area contributed by atoms with Gasteiger partial charge in [-0.1, -0.05) is 32.6 Å². The van der Waals surface area contributed by atoms with Gasteiger partial charge in [0.25, 0.3) is 0 Å². The molecule has 1 saturated carbocycles. The fraction of sp³-hybridized carbons (Fsp3) is 1.00. The zero-order valence-corrected chi connectivity index (χ0v) is 12.7. The monoisotopic (exact) mass is 269 g/mol. The van der Waals surface area contributed by atoms with Gasteiger partial charge in [0.2, 0.25) is 0 Å². The van der Waals surface area contributed by atoms with Crippen LogP contribution < -0.4 is 5.32 Å². The molecule has 1 heterocycles. The fourth-order valence-corrected chi connectivity index (χ4v) is 3.87. The van der Waals surface area contributed by atoms with Crippen LogP contribution in [0.4, 0.5) is 0 Å². The Hall–Kier alpha value is -0.120. The Kier molecular flexibility index (Phi) is 6.11. The summed E-state index contributed by atoms with van der Waals surface area (Å²) in [6.45, 7) is 5.16. The highest BCUT2D eigenvalue weighted by molar-refractivity contribution is 4.98. The van der Waals surface area contributed by atoms with Crippen molar-refractivity contribution in [1.29, 1.82) is 0 Å². The molecule has 19 heavy (non-hydrogen) atoms. The standard InChI is InChI=1S/C16H31NO2/c1-3-11-17-15(14-8-12-19-13-14)16(18-2)9-6-4-5-7-10-16/h14-15,17H,3-13H2,1-2H3. The van der Waals surface area contributed by atoms with E-state index in [9.17, 15) is 0 Å². The summed E-state index contributed by atoms with van der Waals surface area (Å²) in [6, 6.07) is 0.470. The Bertz CT molecular complexity index is 243. The fourth-order valence-electron chi connectivity index (χ4n) is 3.87. The minimum atomic E-state index is 0.0457. The lowest BCUT2D eigenvalue weighted by Gasteiger charge is -2.42. The Labute approximate surface area is 118 Å². The molecule has 112 valence electrons. The Morgan fingerprint density at radius 1 is 1.26 bits per heavy atom. The Morgan fingerprint density at radius 2 is 2.00 bits per heavy atom. The number of rotatable bonds is 6. The maximum absolute atomic E-state index is 6.11. The molecule has 1 aliphatic heterocycles. The lowest BCUT2D eigenvalue weighted by atomic mass is 9.78. The first-order valence-corrected chi connectivity index (χ1v) is 8.18. The van der Waals surface area contributed by atoms with Gasteiger partial charge in [0.05, 0.1) is 12.2 Å². The van der Waals surface area contributed by atoms with Crippen LogP contribution in [-0.2, 0) is 9.47 Å². The third kappa shape index (κ3) is 3.71. The van der Waals surface area contributed by atoms with E-state index >= 15 is 0 Å². The van der Waals surface area contributed by atoms with Gasteiger partial charge in [-0.05, 0) is 32.2 Å². The lowest BCUT2D eigenvalue weighted by Crippen LogP contribution is -2.56. The molecule has 0 amide bonds. The second-order valence-electron chi connectivity index (χ2n) is 6.24. The minimum absolute atomic E-state index is 0.0457. The molecule has 1 aliphatic carbocycles. The Balaban J connectivity index is 2.11. The summed E-state index contributed by atoms with van der Waals surface area (Å²) in [4.78, 5) is 0. The van der Waals surface area contributed by atoms with Gasteiger partial charge in [-0.3, -0.25) is 0 Å². The molecular formula is C16H31NO2. The number of ether oxygens (including phenoxy) is 2. The summed E-state index contributed by atoms with van der Waals surface area (Å²) in [5, 5.41) is 3.80. The first-order chi connectivity index (χ1) is 9.32. The van der Waals surface area contributed by atoms with Crippen molar-refractivity contribution in [1.82, 2.24) is 5.32 Å². The molecular weight excluding hydrogens is 238 g/mol. The highest BCUT2D eigenvalue weighted by Gasteiger charge is 2.43. The maximum atomic E-state index is 6.11. The summed E-state index contributed by atoms with van der Waals surface area (Å²) in [5.74, 6) is 0.629. The quantitative estimate of drug-likeness (QED) is 0.752. The summed E-state index contributed by atoms with van der Waals surface area (Å²) in [6.07, 6.45) is 10.1. The highest BCUT2D eigenvalue weighted by atomic mass is 16.5. The van der Waals surface area contributed by atoms with E-state index < -0.39 is 0 Å². The predicted molar refractivity (Wildman–Crippen MR) is 78.4 cm³/mol. The molecule has 0 aromatic heterocycles. The average molecular weight is 269 g/mol. The Morgan fingerprint density at radius 3 is 2.53 bits per heavy atom. The van der Waals surface area contributed by atoms with Crippen molar-refractivity contribution < 1.29 is 9.47 Å². The molecule has 2 rings (SSSR count). The molecule has 0 aromatic carbocycles. The molecule has 3 nitrogen and oxygen atoms in total. The van der Waals surface area contributed by atoms with Crippen LogP contribution in [0.5, 0.6) is 0 Å². The average Bonchev–Trinajstić information content (AvgIpc) is 2.85. The van der Waals surface area contributed by atoms with Gasteiger partial charge in [0, 0.05) is 25.7 Å². The van der Waals surface area contributed by atoms with Gasteiger partial charge in [-0.15, -0.1) is 0 Å². The zero-order chi connectivity index (χ0) is 13.6. The van der Waals surface area contributed by atoms with E-state index in [0.29, 0.717) is 12.0 Å². The van der Waals surface area contributed by atoms with Gasteiger partial charge in [-0.2, -0.15) is 0 Å². The van der Waals surface area contributed by atoms with Crippen molar-refractivity contribution >= 4 is 0 Å². The lowest BCUT2D eigenvalue weighted by molar-refractivity contribution is -0.0684. The topological polar surface area (TPSA) is 30.5 Å². The number of methoxy groups -OCH3 is 1. The first-order valence-electron chi connectivity index (χ1n) is 8.18. The predicted octanol–water partition coefficient (Wildman–Crippen LogP) is 3.13. The van der Waals surface area contributed by atoms with Crippen LogP contribution in [0.15, 0.2) is 0 Å². The zero-order valence-electron chi connectivity index (χ0n) is 12.7. The van der Waals surface area contributed by atoms with E-state index in [1.807, 2.05) is 7.11 Å². The maximum Gasteiger partial charge on any atom is 0.0834 e. The number of nitrogens with one attached hydrogen (secondary N) is 1. The molecule has 0 aromatic rings. The van der Waals surface area contributed by atoms with Crippen LogP contribution >= 0.6 is 0 Å². The largest absolute Gasteiger partial charge is 0.381 e. The van der Waals surface area contributed by atoms with Crippen molar-refractivity contribution in [3.63, 3.8) is 0 Å². The normalized spacial score (nSPS) is 29.1. The van der Waals surface area contributed by atoms with Gasteiger partial charge >= 0.3 is 0 Å². The summed E-state index contributed by atoms with van der Waals surface area (Å²) >= 11 is 0. The van der Waals surface area contributed by atoms with E-state index in [1.165, 1.54) is 51.4 Å². The van der Waals surface area contributed by atoms with E-state index in [2.05, 4.69) is 12.2 Å². The van der Waals surface area contributed by atoms with Crippen LogP contribution in [-0.4, -0.2) is 38.5 Å². The third-order valence-corrected chi connectivity index (χ3v) is 4.97. The van der Waals surface area contributed by atoms with Crippen LogP contribution in [0.3, 0.4) is 0 Å². The minimum Gasteiger partial charge on any atom is -0.381 e.